The fourth-order valence-corrected chi connectivity index (χ4v) is 3.11. The summed E-state index contributed by atoms with van der Waals surface area (Å²) in [4.78, 5) is 4.20. The van der Waals surface area contributed by atoms with Crippen molar-refractivity contribution in [3.63, 3.8) is 0 Å². The summed E-state index contributed by atoms with van der Waals surface area (Å²) in [5.41, 5.74) is 0.155. The molecule has 1 aliphatic rings. The van der Waals surface area contributed by atoms with Gasteiger partial charge in [-0.1, -0.05) is 18.2 Å². The second kappa shape index (κ2) is 8.63. The molecule has 27 heavy (non-hydrogen) atoms. The Bertz CT molecular complexity index is 699. The van der Waals surface area contributed by atoms with E-state index in [0.717, 1.165) is 36.7 Å². The van der Waals surface area contributed by atoms with E-state index in [0.29, 0.717) is 19.6 Å². The molecular formula is C20H23F3N2O2. The van der Waals surface area contributed by atoms with Gasteiger partial charge in [-0.15, -0.1) is 0 Å². The number of piperazine rings is 1. The van der Waals surface area contributed by atoms with Gasteiger partial charge in [0.2, 0.25) is 0 Å². The standard InChI is InChI=1S/C20H23F3N2O2/c21-20(22,23)16-6-8-17(9-7-16)25-12-10-24(11-13-25)14-18(26)15-27-19-4-2-1-3-5-19/h1-9,18,26H,10-15H2/t18-/m0/s1. The largest absolute Gasteiger partial charge is 0.491 e. The van der Waals surface area contributed by atoms with Gasteiger partial charge in [0.1, 0.15) is 18.5 Å². The quantitative estimate of drug-likeness (QED) is 0.835. The monoisotopic (exact) mass is 380 g/mol. The fraction of sp³-hybridized carbons (Fsp3) is 0.400. The van der Waals surface area contributed by atoms with Crippen LogP contribution >= 0.6 is 0 Å². The first-order valence-corrected chi connectivity index (χ1v) is 8.92. The summed E-state index contributed by atoms with van der Waals surface area (Å²) in [7, 11) is 0. The lowest BCUT2D eigenvalue weighted by Gasteiger charge is -2.37. The van der Waals surface area contributed by atoms with Crippen LogP contribution in [-0.2, 0) is 6.18 Å². The molecule has 2 aromatic carbocycles. The van der Waals surface area contributed by atoms with Gasteiger partial charge >= 0.3 is 6.18 Å². The van der Waals surface area contributed by atoms with Crippen molar-refractivity contribution < 1.29 is 23.0 Å². The molecule has 1 saturated heterocycles. The maximum Gasteiger partial charge on any atom is 0.416 e. The summed E-state index contributed by atoms with van der Waals surface area (Å²) in [6.45, 7) is 3.62. The number of anilines is 1. The lowest BCUT2D eigenvalue weighted by molar-refractivity contribution is -0.137. The maximum absolute atomic E-state index is 12.7. The number of ether oxygens (including phenoxy) is 1. The molecule has 1 atom stereocenters. The number of hydrogen-bond acceptors (Lipinski definition) is 4. The third-order valence-electron chi connectivity index (χ3n) is 4.59. The van der Waals surface area contributed by atoms with Gasteiger partial charge in [0.05, 0.1) is 5.56 Å². The van der Waals surface area contributed by atoms with Gasteiger partial charge in [0, 0.05) is 38.4 Å². The third-order valence-corrected chi connectivity index (χ3v) is 4.59. The van der Waals surface area contributed by atoms with Gasteiger partial charge in [-0.25, -0.2) is 0 Å². The maximum atomic E-state index is 12.7. The Balaban J connectivity index is 1.43. The predicted octanol–water partition coefficient (Wildman–Crippen LogP) is 3.27. The minimum atomic E-state index is -4.31. The molecule has 4 nitrogen and oxygen atoms in total. The van der Waals surface area contributed by atoms with E-state index in [-0.39, 0.29) is 6.61 Å². The number of β-amino-alcohol motifs (C(OH)–C–C–N with tert-alkyl or cyclic N) is 1. The van der Waals surface area contributed by atoms with E-state index < -0.39 is 17.8 Å². The Kier molecular flexibility index (Phi) is 6.23. The van der Waals surface area contributed by atoms with Crippen LogP contribution in [0, 0.1) is 0 Å². The molecule has 0 bridgehead atoms. The van der Waals surface area contributed by atoms with E-state index in [9.17, 15) is 18.3 Å². The summed E-state index contributed by atoms with van der Waals surface area (Å²) in [5, 5.41) is 10.2. The smallest absolute Gasteiger partial charge is 0.416 e. The first-order valence-electron chi connectivity index (χ1n) is 8.92. The third kappa shape index (κ3) is 5.61. The van der Waals surface area contributed by atoms with Crippen LogP contribution < -0.4 is 9.64 Å². The van der Waals surface area contributed by atoms with Gasteiger partial charge in [-0.2, -0.15) is 13.2 Å². The van der Waals surface area contributed by atoms with Gasteiger partial charge in [0.15, 0.2) is 0 Å². The molecule has 1 heterocycles. The van der Waals surface area contributed by atoms with Crippen LogP contribution in [0.2, 0.25) is 0 Å². The second-order valence-corrected chi connectivity index (χ2v) is 6.61. The summed E-state index contributed by atoms with van der Waals surface area (Å²) >= 11 is 0. The number of alkyl halides is 3. The highest BCUT2D eigenvalue weighted by atomic mass is 19.4. The summed E-state index contributed by atoms with van der Waals surface area (Å²) in [6.07, 6.45) is -4.90. The zero-order valence-electron chi connectivity index (χ0n) is 14.9. The fourth-order valence-electron chi connectivity index (χ4n) is 3.11. The SMILES string of the molecule is O[C@H](COc1ccccc1)CN1CCN(c2ccc(C(F)(F)F)cc2)CC1. The van der Waals surface area contributed by atoms with Crippen molar-refractivity contribution in [1.29, 1.82) is 0 Å². The molecule has 0 spiro atoms. The number of aliphatic hydroxyl groups excluding tert-OH is 1. The van der Waals surface area contributed by atoms with Crippen molar-refractivity contribution in [3.8, 4) is 5.75 Å². The molecular weight excluding hydrogens is 357 g/mol. The Labute approximate surface area is 156 Å². The first kappa shape index (κ1) is 19.5. The molecule has 0 unspecified atom stereocenters. The van der Waals surface area contributed by atoms with Gasteiger partial charge in [-0.05, 0) is 36.4 Å². The Morgan fingerprint density at radius 2 is 1.56 bits per heavy atom. The molecule has 2 aromatic rings. The molecule has 146 valence electrons. The number of hydrogen-bond donors (Lipinski definition) is 1. The van der Waals surface area contributed by atoms with Gasteiger partial charge in [-0.3, -0.25) is 4.90 Å². The zero-order chi connectivity index (χ0) is 19.3. The molecule has 0 saturated carbocycles. The number of benzene rings is 2. The lowest BCUT2D eigenvalue weighted by atomic mass is 10.1. The van der Waals surface area contributed by atoms with E-state index >= 15 is 0 Å². The molecule has 1 aliphatic heterocycles. The Morgan fingerprint density at radius 3 is 2.15 bits per heavy atom. The Morgan fingerprint density at radius 1 is 0.926 bits per heavy atom. The molecule has 3 rings (SSSR count). The van der Waals surface area contributed by atoms with Crippen molar-refractivity contribution in [2.75, 3.05) is 44.2 Å². The molecule has 0 radical (unpaired) electrons. The molecule has 0 aromatic heterocycles. The van der Waals surface area contributed by atoms with Crippen LogP contribution in [0.5, 0.6) is 5.75 Å². The van der Waals surface area contributed by atoms with E-state index in [1.807, 2.05) is 30.3 Å². The van der Waals surface area contributed by atoms with Crippen LogP contribution in [0.15, 0.2) is 54.6 Å². The molecule has 0 aliphatic carbocycles. The van der Waals surface area contributed by atoms with E-state index in [1.54, 1.807) is 0 Å². The van der Waals surface area contributed by atoms with Crippen LogP contribution in [-0.4, -0.2) is 55.4 Å². The minimum absolute atomic E-state index is 0.225. The first-order chi connectivity index (χ1) is 12.9. The van der Waals surface area contributed by atoms with E-state index in [4.69, 9.17) is 4.74 Å². The van der Waals surface area contributed by atoms with Crippen LogP contribution in [0.4, 0.5) is 18.9 Å². The van der Waals surface area contributed by atoms with Crippen molar-refractivity contribution in [3.05, 3.63) is 60.2 Å². The summed E-state index contributed by atoms with van der Waals surface area (Å²) < 4.78 is 43.5. The van der Waals surface area contributed by atoms with E-state index in [1.165, 1.54) is 12.1 Å². The normalized spacial score (nSPS) is 17.0. The number of rotatable bonds is 6. The number of aliphatic hydroxyl groups is 1. The zero-order valence-corrected chi connectivity index (χ0v) is 14.9. The van der Waals surface area contributed by atoms with Crippen LogP contribution in [0.3, 0.4) is 0 Å². The number of halogens is 3. The minimum Gasteiger partial charge on any atom is -0.491 e. The number of nitrogens with zero attached hydrogens (tertiary/aromatic N) is 2. The molecule has 7 heteroatoms. The van der Waals surface area contributed by atoms with Gasteiger partial charge in [0.25, 0.3) is 0 Å². The average molecular weight is 380 g/mol. The summed E-state index contributed by atoms with van der Waals surface area (Å²) in [5.74, 6) is 0.726. The molecule has 0 amide bonds. The highest BCUT2D eigenvalue weighted by molar-refractivity contribution is 5.48. The Hall–Kier alpha value is -2.25. The predicted molar refractivity (Wildman–Crippen MR) is 98.0 cm³/mol. The van der Waals surface area contributed by atoms with E-state index in [2.05, 4.69) is 9.80 Å². The lowest BCUT2D eigenvalue weighted by Crippen LogP contribution is -2.49. The van der Waals surface area contributed by atoms with Crippen molar-refractivity contribution in [2.24, 2.45) is 0 Å². The topological polar surface area (TPSA) is 35.9 Å². The molecule has 1 N–H and O–H groups in total. The molecule has 1 fully saturated rings. The highest BCUT2D eigenvalue weighted by Gasteiger charge is 2.30. The van der Waals surface area contributed by atoms with Crippen LogP contribution in [0.1, 0.15) is 5.56 Å². The number of para-hydroxylation sites is 1. The van der Waals surface area contributed by atoms with Crippen molar-refractivity contribution in [1.82, 2.24) is 4.90 Å². The van der Waals surface area contributed by atoms with Crippen molar-refractivity contribution >= 4 is 5.69 Å². The summed E-state index contributed by atoms with van der Waals surface area (Å²) in [6, 6.07) is 14.6. The van der Waals surface area contributed by atoms with Crippen LogP contribution in [0.25, 0.3) is 0 Å². The second-order valence-electron chi connectivity index (χ2n) is 6.61. The van der Waals surface area contributed by atoms with Gasteiger partial charge < -0.3 is 14.7 Å². The highest BCUT2D eigenvalue weighted by Crippen LogP contribution is 2.30. The van der Waals surface area contributed by atoms with Crippen molar-refractivity contribution in [2.45, 2.75) is 12.3 Å². The average Bonchev–Trinajstić information content (AvgIpc) is 2.67.